The van der Waals surface area contributed by atoms with Gasteiger partial charge >= 0.3 is 0 Å². The molecule has 0 fully saturated rings. The summed E-state index contributed by atoms with van der Waals surface area (Å²) in [6.07, 6.45) is 1.51. The number of hydrogen-bond acceptors (Lipinski definition) is 0. The molecule has 0 aromatic rings. The quantitative estimate of drug-likeness (QED) is 0.688. The fourth-order valence-electron chi connectivity index (χ4n) is 0.109. The van der Waals surface area contributed by atoms with Crippen LogP contribution in [0.1, 0.15) is 19.8 Å². The Morgan fingerprint density at radius 2 is 1.70 bits per heavy atom. The molecule has 0 amide bonds. The van der Waals surface area contributed by atoms with Crippen molar-refractivity contribution in [1.29, 1.82) is 0 Å². The van der Waals surface area contributed by atoms with Gasteiger partial charge < -0.3 is 11.3 Å². The predicted molar refractivity (Wildman–Crippen MR) is 31.6 cm³/mol. The maximum atomic E-state index is 10.9. The van der Waals surface area contributed by atoms with Crippen LogP contribution in [-0.4, -0.2) is 6.67 Å². The summed E-state index contributed by atoms with van der Waals surface area (Å²) in [5, 5.41) is 0. The van der Waals surface area contributed by atoms with Crippen LogP contribution in [0.4, 0.5) is 8.78 Å². The van der Waals surface area contributed by atoms with E-state index < -0.39 is 6.67 Å². The van der Waals surface area contributed by atoms with E-state index in [0.717, 1.165) is 6.42 Å². The van der Waals surface area contributed by atoms with Crippen molar-refractivity contribution in [3.8, 4) is 0 Å². The first kappa shape index (κ1) is 22.7. The molecule has 0 bridgehead atoms. The zero-order valence-corrected chi connectivity index (χ0v) is 12.0. The van der Waals surface area contributed by atoms with Crippen molar-refractivity contribution < 1.29 is 74.2 Å². The van der Waals surface area contributed by atoms with Crippen molar-refractivity contribution in [2.24, 2.45) is 0 Å². The van der Waals surface area contributed by atoms with Crippen LogP contribution < -0.4 is 0 Å². The minimum Gasteiger partial charge on any atom is -0.459 e. The average molecular weight is 300 g/mol. The monoisotopic (exact) mass is 300 g/mol. The fourth-order valence-corrected chi connectivity index (χ4v) is 0.109. The molecule has 0 nitrogen and oxygen atoms in total. The van der Waals surface area contributed by atoms with Gasteiger partial charge in [0.1, 0.15) is 0 Å². The fraction of sp³-hybridized carbons (Fsp3) is 0.667. The molecule has 2 radical (unpaired) electrons. The van der Waals surface area contributed by atoms with Crippen LogP contribution in [0.2, 0.25) is 0 Å². The van der Waals surface area contributed by atoms with Gasteiger partial charge in [0.05, 0.1) is 0 Å². The van der Waals surface area contributed by atoms with Crippen molar-refractivity contribution >= 4 is 0 Å². The van der Waals surface area contributed by atoms with Gasteiger partial charge in [-0.2, -0.15) is 13.1 Å². The van der Waals surface area contributed by atoms with E-state index in [9.17, 15) is 8.78 Å². The maximum absolute atomic E-state index is 10.9. The third-order valence-corrected chi connectivity index (χ3v) is 0.398. The summed E-state index contributed by atoms with van der Waals surface area (Å²) in [5.74, 6) is 0. The molecule has 0 atom stereocenters. The molecule has 0 spiro atoms. The van der Waals surface area contributed by atoms with Crippen LogP contribution in [-0.2, 0) is 65.4 Å². The number of hydrogen-bond donors (Lipinski definition) is 0. The summed E-state index contributed by atoms with van der Waals surface area (Å²) in [7, 11) is 0. The Labute approximate surface area is 113 Å². The Morgan fingerprint density at radius 3 is 1.70 bits per heavy atom. The van der Waals surface area contributed by atoms with E-state index in [4.69, 9.17) is 0 Å². The number of halogens is 2. The SMILES string of the molecule is CCC[CH-]F.[CH2-]CF.[Y].[Y]. The molecule has 0 aromatic heterocycles. The van der Waals surface area contributed by atoms with Gasteiger partial charge in [-0.1, -0.05) is 13.3 Å². The molecule has 0 aliphatic rings. The third kappa shape index (κ3) is 50.0. The Morgan fingerprint density at radius 1 is 1.40 bits per heavy atom. The van der Waals surface area contributed by atoms with E-state index in [-0.39, 0.29) is 65.4 Å². The van der Waals surface area contributed by atoms with Crippen LogP contribution in [0.5, 0.6) is 0 Å². The molecule has 0 heterocycles. The molecular formula is C6H12F2Y2-2. The minimum atomic E-state index is -0.500. The van der Waals surface area contributed by atoms with Gasteiger partial charge in [-0.3, -0.25) is 4.39 Å². The van der Waals surface area contributed by atoms with Crippen molar-refractivity contribution in [2.45, 2.75) is 19.8 Å². The smallest absolute Gasteiger partial charge is 0 e. The van der Waals surface area contributed by atoms with Crippen LogP contribution in [0.15, 0.2) is 0 Å². The summed E-state index contributed by atoms with van der Waals surface area (Å²) >= 11 is 0. The molecule has 0 aromatic carbocycles. The number of alkyl halides is 1. The molecule has 10 heavy (non-hydrogen) atoms. The Bertz CT molecular complexity index is 27.7. The molecule has 0 N–H and O–H groups in total. The molecule has 0 saturated heterocycles. The van der Waals surface area contributed by atoms with Crippen molar-refractivity contribution in [1.82, 2.24) is 0 Å². The first-order valence-electron chi connectivity index (χ1n) is 2.60. The zero-order valence-electron chi connectivity index (χ0n) is 6.32. The largest absolute Gasteiger partial charge is 0.459 e. The van der Waals surface area contributed by atoms with Crippen LogP contribution >= 0.6 is 0 Å². The van der Waals surface area contributed by atoms with Gasteiger partial charge in [0.2, 0.25) is 0 Å². The number of rotatable bonds is 2. The third-order valence-electron chi connectivity index (χ3n) is 0.398. The van der Waals surface area contributed by atoms with Crippen molar-refractivity contribution in [2.75, 3.05) is 6.67 Å². The van der Waals surface area contributed by atoms with E-state index in [1.54, 1.807) is 0 Å². The summed E-state index contributed by atoms with van der Waals surface area (Å²) in [5.41, 5.74) is 0. The summed E-state index contributed by atoms with van der Waals surface area (Å²) in [4.78, 5) is 0. The van der Waals surface area contributed by atoms with Gasteiger partial charge in [0.15, 0.2) is 0 Å². The normalized spacial score (nSPS) is 6.00. The molecular weight excluding hydrogens is 288 g/mol. The van der Waals surface area contributed by atoms with Crippen LogP contribution in [0.3, 0.4) is 0 Å². The van der Waals surface area contributed by atoms with E-state index in [1.807, 2.05) is 6.92 Å². The predicted octanol–water partition coefficient (Wildman–Crippen LogP) is 2.70. The second kappa shape index (κ2) is 30.5. The Balaban J connectivity index is -0.0000000326. The Kier molecular flexibility index (Phi) is 69.2. The first-order chi connectivity index (χ1) is 3.83. The minimum absolute atomic E-state index is 0. The summed E-state index contributed by atoms with van der Waals surface area (Å²) in [6.45, 7) is 4.94. The molecule has 0 aliphatic heterocycles. The molecule has 0 saturated carbocycles. The summed E-state index contributed by atoms with van der Waals surface area (Å²) in [6, 6.07) is 0. The maximum Gasteiger partial charge on any atom is 0 e. The first-order valence-corrected chi connectivity index (χ1v) is 2.60. The molecule has 58 valence electrons. The Hall–Kier alpha value is 2.07. The summed E-state index contributed by atoms with van der Waals surface area (Å²) < 4.78 is 21.0. The molecule has 0 rings (SSSR count). The molecule has 0 unspecified atom stereocenters. The molecule has 0 aliphatic carbocycles. The van der Waals surface area contributed by atoms with E-state index in [0.29, 0.717) is 13.1 Å². The second-order valence-electron chi connectivity index (χ2n) is 1.13. The van der Waals surface area contributed by atoms with Gasteiger partial charge in [0, 0.05) is 65.4 Å². The van der Waals surface area contributed by atoms with Gasteiger partial charge in [-0.05, 0) is 6.67 Å². The van der Waals surface area contributed by atoms with E-state index in [2.05, 4.69) is 6.92 Å². The average Bonchev–Trinajstić information content (AvgIpc) is 1.71. The number of unbranched alkanes of at least 4 members (excludes halogenated alkanes) is 1. The van der Waals surface area contributed by atoms with Crippen LogP contribution in [0, 0.1) is 13.6 Å². The van der Waals surface area contributed by atoms with Gasteiger partial charge in [-0.15, -0.1) is 0 Å². The van der Waals surface area contributed by atoms with Crippen molar-refractivity contribution in [3.05, 3.63) is 13.6 Å². The van der Waals surface area contributed by atoms with Gasteiger partial charge in [0.25, 0.3) is 0 Å². The van der Waals surface area contributed by atoms with E-state index >= 15 is 0 Å². The second-order valence-corrected chi connectivity index (χ2v) is 1.13. The van der Waals surface area contributed by atoms with Crippen LogP contribution in [0.25, 0.3) is 0 Å². The topological polar surface area (TPSA) is 0 Å². The molecule has 4 heteroatoms. The van der Waals surface area contributed by atoms with Gasteiger partial charge in [-0.25, -0.2) is 0 Å². The zero-order chi connectivity index (χ0) is 6.83. The standard InChI is InChI=1S/C4H8F.C2H4F.2Y/c1-2-3-4-5;1-2-3;;/h4H,2-3H2,1H3;1-2H2;;/q2*-1;;. The van der Waals surface area contributed by atoms with E-state index in [1.165, 1.54) is 0 Å². The van der Waals surface area contributed by atoms with Crippen molar-refractivity contribution in [3.63, 3.8) is 0 Å².